The van der Waals surface area contributed by atoms with E-state index in [2.05, 4.69) is 30.4 Å². The number of carbonyl (C=O) groups is 4. The Kier molecular flexibility index (Phi) is 13.8. The maximum atomic E-state index is 14.6. The summed E-state index contributed by atoms with van der Waals surface area (Å²) in [6, 6.07) is 7.37. The molecular weight excluding hydrogens is 747 g/mol. The van der Waals surface area contributed by atoms with E-state index in [1.165, 1.54) is 24.3 Å². The van der Waals surface area contributed by atoms with Crippen LogP contribution in [0.5, 0.6) is 0 Å². The summed E-state index contributed by atoms with van der Waals surface area (Å²) in [4.78, 5) is 66.6. The van der Waals surface area contributed by atoms with Crippen LogP contribution in [0.2, 0.25) is 0 Å². The molecule has 16 heteroatoms. The van der Waals surface area contributed by atoms with Gasteiger partial charge in [0.15, 0.2) is 0 Å². The van der Waals surface area contributed by atoms with Gasteiger partial charge in [-0.05, 0) is 75.9 Å². The van der Waals surface area contributed by atoms with E-state index in [9.17, 15) is 28.0 Å². The number of benzene rings is 2. The Morgan fingerprint density at radius 1 is 0.672 bits per heavy atom. The molecule has 4 unspecified atom stereocenters. The SMILES string of the molecule is CNCC(=O)NC(C(=O)N1CCCC1Cn1c(CCc2nc3cc(F)ccc3n2CC2CCCN2C(=O)C(NC(=O)CNC)C(C)C)nc2cc(F)ccc21)C(C)C. The summed E-state index contributed by atoms with van der Waals surface area (Å²) >= 11 is 0. The lowest BCUT2D eigenvalue weighted by atomic mass is 10.0. The average molecular weight is 805 g/mol. The Balaban J connectivity index is 1.27. The molecular formula is C42H58F2N10O4. The molecule has 314 valence electrons. The molecule has 2 aromatic heterocycles. The van der Waals surface area contributed by atoms with Crippen LogP contribution < -0.4 is 21.3 Å². The van der Waals surface area contributed by atoms with Crippen molar-refractivity contribution in [1.29, 1.82) is 0 Å². The Hall–Kier alpha value is -4.96. The summed E-state index contributed by atoms with van der Waals surface area (Å²) in [6.45, 7) is 9.87. The van der Waals surface area contributed by atoms with Gasteiger partial charge in [0.2, 0.25) is 23.6 Å². The third-order valence-electron chi connectivity index (χ3n) is 11.4. The lowest BCUT2D eigenvalue weighted by Crippen LogP contribution is -2.54. The average Bonchev–Trinajstić information content (AvgIpc) is 3.98. The summed E-state index contributed by atoms with van der Waals surface area (Å²) < 4.78 is 33.3. The van der Waals surface area contributed by atoms with Gasteiger partial charge in [-0.1, -0.05) is 27.7 Å². The van der Waals surface area contributed by atoms with Crippen LogP contribution in [-0.2, 0) is 45.1 Å². The first-order chi connectivity index (χ1) is 27.8. The Morgan fingerprint density at radius 2 is 1.07 bits per heavy atom. The Labute approximate surface area is 338 Å². The third kappa shape index (κ3) is 9.49. The second kappa shape index (κ2) is 18.7. The maximum Gasteiger partial charge on any atom is 0.245 e. The highest BCUT2D eigenvalue weighted by Gasteiger charge is 2.37. The molecule has 4 heterocycles. The minimum Gasteiger partial charge on any atom is -0.343 e. The number of halogens is 2. The number of likely N-dealkylation sites (N-methyl/N-ethyl adjacent to an activating group) is 2. The van der Waals surface area contributed by atoms with Gasteiger partial charge in [-0.25, -0.2) is 18.7 Å². The van der Waals surface area contributed by atoms with E-state index in [-0.39, 0.29) is 60.6 Å². The Bertz CT molecular complexity index is 1970. The number of likely N-dealkylation sites (tertiary alicyclic amines) is 2. The van der Waals surface area contributed by atoms with Crippen LogP contribution in [0.1, 0.15) is 65.0 Å². The highest BCUT2D eigenvalue weighted by atomic mass is 19.1. The van der Waals surface area contributed by atoms with Crippen molar-refractivity contribution < 1.29 is 28.0 Å². The summed E-state index contributed by atoms with van der Waals surface area (Å²) in [7, 11) is 3.37. The number of aromatic nitrogens is 4. The van der Waals surface area contributed by atoms with E-state index in [1.807, 2.05) is 37.5 Å². The molecule has 2 aromatic carbocycles. The molecule has 0 radical (unpaired) electrons. The Morgan fingerprint density at radius 3 is 1.43 bits per heavy atom. The fourth-order valence-corrected chi connectivity index (χ4v) is 8.53. The van der Waals surface area contributed by atoms with Crippen molar-refractivity contribution in [2.75, 3.05) is 40.3 Å². The molecule has 2 saturated heterocycles. The van der Waals surface area contributed by atoms with Crippen molar-refractivity contribution in [3.8, 4) is 0 Å². The molecule has 4 atom stereocenters. The van der Waals surface area contributed by atoms with Crippen molar-refractivity contribution in [3.63, 3.8) is 0 Å². The fraction of sp³-hybridized carbons (Fsp3) is 0.571. The van der Waals surface area contributed by atoms with Crippen molar-refractivity contribution in [3.05, 3.63) is 59.7 Å². The van der Waals surface area contributed by atoms with Gasteiger partial charge in [-0.3, -0.25) is 19.2 Å². The van der Waals surface area contributed by atoms with Crippen molar-refractivity contribution in [1.82, 2.24) is 50.2 Å². The third-order valence-corrected chi connectivity index (χ3v) is 11.4. The number of nitrogens with zero attached hydrogens (tertiary/aromatic N) is 6. The van der Waals surface area contributed by atoms with Gasteiger partial charge in [-0.15, -0.1) is 0 Å². The molecule has 58 heavy (non-hydrogen) atoms. The smallest absolute Gasteiger partial charge is 0.245 e. The predicted molar refractivity (Wildman–Crippen MR) is 218 cm³/mol. The molecule has 14 nitrogen and oxygen atoms in total. The van der Waals surface area contributed by atoms with Crippen molar-refractivity contribution in [2.24, 2.45) is 11.8 Å². The summed E-state index contributed by atoms with van der Waals surface area (Å²) in [5, 5.41) is 11.5. The zero-order valence-corrected chi connectivity index (χ0v) is 34.5. The number of aryl methyl sites for hydroxylation is 2. The second-order valence-electron chi connectivity index (χ2n) is 16.3. The van der Waals surface area contributed by atoms with E-state index in [1.54, 1.807) is 26.2 Å². The first-order valence-corrected chi connectivity index (χ1v) is 20.6. The molecule has 4 aromatic rings. The van der Waals surface area contributed by atoms with E-state index < -0.39 is 23.7 Å². The quantitative estimate of drug-likeness (QED) is 0.127. The zero-order valence-electron chi connectivity index (χ0n) is 34.5. The topological polar surface area (TPSA) is 159 Å². The van der Waals surface area contributed by atoms with Gasteiger partial charge in [0.25, 0.3) is 0 Å². The van der Waals surface area contributed by atoms with E-state index in [0.717, 1.165) is 36.7 Å². The molecule has 0 saturated carbocycles. The van der Waals surface area contributed by atoms with Crippen LogP contribution in [0.4, 0.5) is 8.78 Å². The number of rotatable bonds is 17. The molecule has 0 bridgehead atoms. The van der Waals surface area contributed by atoms with Crippen LogP contribution in [-0.4, -0.2) is 117 Å². The first kappa shape index (κ1) is 42.6. The van der Waals surface area contributed by atoms with Crippen LogP contribution in [0.15, 0.2) is 36.4 Å². The minimum absolute atomic E-state index is 0.107. The maximum absolute atomic E-state index is 14.6. The number of hydrogen-bond donors (Lipinski definition) is 4. The standard InChI is InChI=1S/C42H58F2N10O4/c1-25(2)39(49-37(55)21-45-5)41(57)51-17-7-9-29(51)23-53-33-13-11-27(43)19-31(33)47-35(53)15-16-36-48-32-20-28(44)12-14-34(32)54(36)24-30-10-8-18-52(30)42(58)40(26(3)4)50-38(56)22-46-6/h11-14,19-20,25-26,29-30,39-40,45-46H,7-10,15-18,21-24H2,1-6H3,(H,49,55)(H,50,56). The van der Waals surface area contributed by atoms with Gasteiger partial charge in [-0.2, -0.15) is 0 Å². The van der Waals surface area contributed by atoms with Crippen molar-refractivity contribution >= 4 is 45.7 Å². The van der Waals surface area contributed by atoms with Crippen molar-refractivity contribution in [2.45, 2.75) is 103 Å². The molecule has 2 aliphatic rings. The number of hydrogen-bond acceptors (Lipinski definition) is 8. The van der Waals surface area contributed by atoms with Gasteiger partial charge >= 0.3 is 0 Å². The molecule has 0 aliphatic carbocycles. The van der Waals surface area contributed by atoms with E-state index in [4.69, 9.17) is 9.97 Å². The number of imidazole rings is 2. The van der Waals surface area contributed by atoms with E-state index in [0.29, 0.717) is 61.7 Å². The number of fused-ring (bicyclic) bond motifs is 2. The van der Waals surface area contributed by atoms with Crippen LogP contribution in [0.3, 0.4) is 0 Å². The molecule has 2 fully saturated rings. The van der Waals surface area contributed by atoms with Crippen LogP contribution >= 0.6 is 0 Å². The number of carbonyl (C=O) groups excluding carboxylic acids is 4. The number of amides is 4. The second-order valence-corrected chi connectivity index (χ2v) is 16.3. The first-order valence-electron chi connectivity index (χ1n) is 20.6. The van der Waals surface area contributed by atoms with Crippen LogP contribution in [0.25, 0.3) is 22.1 Å². The fourth-order valence-electron chi connectivity index (χ4n) is 8.53. The normalized spacial score (nSPS) is 18.2. The van der Waals surface area contributed by atoms with E-state index >= 15 is 0 Å². The summed E-state index contributed by atoms with van der Waals surface area (Å²) in [5.41, 5.74) is 2.50. The largest absolute Gasteiger partial charge is 0.343 e. The number of nitrogens with one attached hydrogen (secondary N) is 4. The predicted octanol–water partition coefficient (Wildman–Crippen LogP) is 3.15. The van der Waals surface area contributed by atoms with Crippen LogP contribution in [0, 0.1) is 23.5 Å². The molecule has 4 amide bonds. The summed E-state index contributed by atoms with van der Waals surface area (Å²) in [5.74, 6) is -0.397. The highest BCUT2D eigenvalue weighted by molar-refractivity contribution is 5.90. The molecule has 0 spiro atoms. The van der Waals surface area contributed by atoms with Gasteiger partial charge in [0, 0.05) is 63.2 Å². The minimum atomic E-state index is -0.674. The van der Waals surface area contributed by atoms with Gasteiger partial charge in [0.1, 0.15) is 35.4 Å². The molecule has 6 rings (SSSR count). The highest BCUT2D eigenvalue weighted by Crippen LogP contribution is 2.28. The molecule has 2 aliphatic heterocycles. The zero-order chi connectivity index (χ0) is 41.7. The molecule has 4 N–H and O–H groups in total. The van der Waals surface area contributed by atoms with Gasteiger partial charge in [0.05, 0.1) is 35.2 Å². The lowest BCUT2D eigenvalue weighted by molar-refractivity contribution is -0.138. The lowest BCUT2D eigenvalue weighted by Gasteiger charge is -2.32. The summed E-state index contributed by atoms with van der Waals surface area (Å²) in [6.07, 6.45) is 3.97. The van der Waals surface area contributed by atoms with Gasteiger partial charge < -0.3 is 40.2 Å². The monoisotopic (exact) mass is 804 g/mol.